The van der Waals surface area contributed by atoms with Gasteiger partial charge in [-0.05, 0) is 25.8 Å². The van der Waals surface area contributed by atoms with Gasteiger partial charge in [-0.25, -0.2) is 9.86 Å². The Morgan fingerprint density at radius 1 is 1.50 bits per heavy atom. The van der Waals surface area contributed by atoms with Gasteiger partial charge in [0.25, 0.3) is 10.2 Å². The molecule has 4 N–H and O–H groups in total. The zero-order valence-corrected chi connectivity index (χ0v) is 11.5. The van der Waals surface area contributed by atoms with Crippen LogP contribution in [0.1, 0.15) is 19.3 Å². The monoisotopic (exact) mass is 278 g/mol. The van der Waals surface area contributed by atoms with Crippen LogP contribution in [0.25, 0.3) is 0 Å². The molecule has 8 heteroatoms. The quantitative estimate of drug-likeness (QED) is 0.557. The zero-order valence-electron chi connectivity index (χ0n) is 10.7. The zero-order chi connectivity index (χ0) is 13.6. The summed E-state index contributed by atoms with van der Waals surface area (Å²) in [6.07, 6.45) is 2.30. The van der Waals surface area contributed by atoms with Crippen LogP contribution in [-0.4, -0.2) is 52.5 Å². The Labute approximate surface area is 108 Å². The Morgan fingerprint density at radius 2 is 2.22 bits per heavy atom. The number of nitrogens with one attached hydrogen (secondary N) is 2. The van der Waals surface area contributed by atoms with Crippen molar-refractivity contribution < 1.29 is 13.2 Å². The van der Waals surface area contributed by atoms with Crippen LogP contribution in [0.2, 0.25) is 0 Å². The van der Waals surface area contributed by atoms with Crippen LogP contribution in [0, 0.1) is 5.92 Å². The highest BCUT2D eigenvalue weighted by atomic mass is 32.2. The summed E-state index contributed by atoms with van der Waals surface area (Å²) >= 11 is 0. The van der Waals surface area contributed by atoms with E-state index in [-0.39, 0.29) is 11.8 Å². The summed E-state index contributed by atoms with van der Waals surface area (Å²) in [4.78, 5) is 13.6. The maximum atomic E-state index is 11.8. The minimum Gasteiger partial charge on any atom is -0.342 e. The molecule has 0 aliphatic carbocycles. The Kier molecular flexibility index (Phi) is 6.00. The lowest BCUT2D eigenvalue weighted by Gasteiger charge is -2.32. The van der Waals surface area contributed by atoms with Crippen LogP contribution in [0.4, 0.5) is 0 Å². The van der Waals surface area contributed by atoms with E-state index in [1.165, 1.54) is 0 Å². The van der Waals surface area contributed by atoms with Crippen LogP contribution >= 0.6 is 0 Å². The molecule has 0 bridgehead atoms. The molecule has 1 amide bonds. The average molecular weight is 278 g/mol. The molecule has 0 radical (unpaired) electrons. The molecule has 1 saturated heterocycles. The highest BCUT2D eigenvalue weighted by Crippen LogP contribution is 2.16. The fraction of sp³-hybridized carbons (Fsp3) is 0.900. The van der Waals surface area contributed by atoms with Gasteiger partial charge in [-0.3, -0.25) is 4.79 Å². The molecule has 1 aliphatic heterocycles. The lowest BCUT2D eigenvalue weighted by molar-refractivity contribution is -0.132. The summed E-state index contributed by atoms with van der Waals surface area (Å²) in [5, 5.41) is 7.82. The van der Waals surface area contributed by atoms with E-state index in [4.69, 9.17) is 5.14 Å². The molecule has 1 fully saturated rings. The first-order valence-corrected chi connectivity index (χ1v) is 7.67. The van der Waals surface area contributed by atoms with E-state index in [9.17, 15) is 13.2 Å². The van der Waals surface area contributed by atoms with E-state index in [2.05, 4.69) is 10.0 Å². The van der Waals surface area contributed by atoms with E-state index in [1.54, 1.807) is 4.90 Å². The van der Waals surface area contributed by atoms with Crippen LogP contribution < -0.4 is 15.2 Å². The summed E-state index contributed by atoms with van der Waals surface area (Å²) in [6, 6.07) is 0. The fourth-order valence-electron chi connectivity index (χ4n) is 2.08. The number of rotatable bonds is 6. The molecular formula is C10H22N4O3S. The fourth-order valence-corrected chi connectivity index (χ4v) is 2.55. The standard InChI is InChI=1S/C10H22N4O3S/c1-12-5-4-10(15)14-6-2-3-9(8-14)7-13-18(11,16)17/h9,12-13H,2-8H2,1H3,(H2,11,16,17). The summed E-state index contributed by atoms with van der Waals surface area (Å²) < 4.78 is 23.9. The number of carbonyl (C=O) groups excluding carboxylic acids is 1. The molecule has 0 aromatic heterocycles. The minimum absolute atomic E-state index is 0.115. The number of hydrogen-bond acceptors (Lipinski definition) is 4. The van der Waals surface area contributed by atoms with Crippen molar-refractivity contribution in [2.75, 3.05) is 33.2 Å². The van der Waals surface area contributed by atoms with Crippen LogP contribution in [0.5, 0.6) is 0 Å². The van der Waals surface area contributed by atoms with Crippen molar-refractivity contribution in [1.29, 1.82) is 0 Å². The van der Waals surface area contributed by atoms with Gasteiger partial charge in [0.2, 0.25) is 5.91 Å². The van der Waals surface area contributed by atoms with Crippen molar-refractivity contribution >= 4 is 16.1 Å². The molecule has 7 nitrogen and oxygen atoms in total. The summed E-state index contributed by atoms with van der Waals surface area (Å²) in [5.74, 6) is 0.264. The molecular weight excluding hydrogens is 256 g/mol. The first-order valence-electron chi connectivity index (χ1n) is 6.12. The van der Waals surface area contributed by atoms with E-state index >= 15 is 0 Å². The van der Waals surface area contributed by atoms with Gasteiger partial charge in [0, 0.05) is 32.6 Å². The molecule has 0 aromatic carbocycles. The molecule has 0 aromatic rings. The number of likely N-dealkylation sites (tertiary alicyclic amines) is 1. The lowest BCUT2D eigenvalue weighted by atomic mass is 9.98. The van der Waals surface area contributed by atoms with Gasteiger partial charge in [0.1, 0.15) is 0 Å². The summed E-state index contributed by atoms with van der Waals surface area (Å²) in [5.41, 5.74) is 0. The van der Waals surface area contributed by atoms with Gasteiger partial charge in [-0.1, -0.05) is 0 Å². The highest BCUT2D eigenvalue weighted by molar-refractivity contribution is 7.87. The van der Waals surface area contributed by atoms with Crippen LogP contribution in [0.15, 0.2) is 0 Å². The molecule has 106 valence electrons. The van der Waals surface area contributed by atoms with Crippen molar-refractivity contribution in [2.24, 2.45) is 11.1 Å². The SMILES string of the molecule is CNCCC(=O)N1CCCC(CNS(N)(=O)=O)C1. The topological polar surface area (TPSA) is 105 Å². The number of carbonyl (C=O) groups is 1. The predicted octanol–water partition coefficient (Wildman–Crippen LogP) is -1.37. The van der Waals surface area contributed by atoms with Crippen molar-refractivity contribution in [3.8, 4) is 0 Å². The van der Waals surface area contributed by atoms with Crippen molar-refractivity contribution in [3.05, 3.63) is 0 Å². The van der Waals surface area contributed by atoms with Gasteiger partial charge in [-0.15, -0.1) is 0 Å². The van der Waals surface area contributed by atoms with Gasteiger partial charge in [-0.2, -0.15) is 8.42 Å². The lowest BCUT2D eigenvalue weighted by Crippen LogP contribution is -2.45. The smallest absolute Gasteiger partial charge is 0.274 e. The third-order valence-electron chi connectivity index (χ3n) is 3.03. The summed E-state index contributed by atoms with van der Waals surface area (Å²) in [7, 11) is -1.83. The summed E-state index contributed by atoms with van der Waals surface area (Å²) in [6.45, 7) is 2.32. The molecule has 1 atom stereocenters. The average Bonchev–Trinajstić information content (AvgIpc) is 2.33. The van der Waals surface area contributed by atoms with Gasteiger partial charge in [0.05, 0.1) is 0 Å². The molecule has 18 heavy (non-hydrogen) atoms. The molecule has 1 aliphatic rings. The largest absolute Gasteiger partial charge is 0.342 e. The number of amides is 1. The minimum atomic E-state index is -3.64. The Morgan fingerprint density at radius 3 is 2.83 bits per heavy atom. The van der Waals surface area contributed by atoms with E-state index < -0.39 is 10.2 Å². The molecule has 1 rings (SSSR count). The normalized spacial score (nSPS) is 21.0. The Bertz CT molecular complexity index is 371. The Hall–Kier alpha value is -0.700. The van der Waals surface area contributed by atoms with Crippen molar-refractivity contribution in [3.63, 3.8) is 0 Å². The van der Waals surface area contributed by atoms with E-state index in [0.29, 0.717) is 26.1 Å². The van der Waals surface area contributed by atoms with Gasteiger partial charge >= 0.3 is 0 Å². The van der Waals surface area contributed by atoms with Gasteiger partial charge in [0.15, 0.2) is 0 Å². The first-order chi connectivity index (χ1) is 8.42. The van der Waals surface area contributed by atoms with E-state index in [1.807, 2.05) is 7.05 Å². The van der Waals surface area contributed by atoms with Crippen LogP contribution in [0.3, 0.4) is 0 Å². The number of hydrogen-bond donors (Lipinski definition) is 3. The number of nitrogens with zero attached hydrogens (tertiary/aromatic N) is 1. The van der Waals surface area contributed by atoms with Crippen molar-refractivity contribution in [1.82, 2.24) is 14.9 Å². The van der Waals surface area contributed by atoms with Crippen molar-refractivity contribution in [2.45, 2.75) is 19.3 Å². The van der Waals surface area contributed by atoms with E-state index in [0.717, 1.165) is 19.4 Å². The third kappa shape index (κ3) is 5.76. The predicted molar refractivity (Wildman–Crippen MR) is 69.0 cm³/mol. The second-order valence-electron chi connectivity index (χ2n) is 4.60. The molecule has 1 unspecified atom stereocenters. The maximum absolute atomic E-state index is 11.8. The third-order valence-corrected chi connectivity index (χ3v) is 3.60. The molecule has 0 saturated carbocycles. The first kappa shape index (κ1) is 15.4. The Balaban J connectivity index is 2.38. The number of piperidine rings is 1. The molecule has 1 heterocycles. The molecule has 0 spiro atoms. The van der Waals surface area contributed by atoms with Crippen LogP contribution in [-0.2, 0) is 15.0 Å². The second-order valence-corrected chi connectivity index (χ2v) is 5.97. The maximum Gasteiger partial charge on any atom is 0.274 e. The van der Waals surface area contributed by atoms with Gasteiger partial charge < -0.3 is 10.2 Å². The second kappa shape index (κ2) is 7.03. The number of nitrogens with two attached hydrogens (primary N) is 1. The highest BCUT2D eigenvalue weighted by Gasteiger charge is 2.23.